The van der Waals surface area contributed by atoms with Crippen molar-refractivity contribution < 1.29 is 10.2 Å². The molecule has 2 aromatic carbocycles. The molecule has 0 amide bonds. The topological polar surface area (TPSA) is 40.5 Å². The first-order valence-electron chi connectivity index (χ1n) is 5.78. The molecule has 0 aromatic heterocycles. The van der Waals surface area contributed by atoms with Gasteiger partial charge in [0.2, 0.25) is 0 Å². The van der Waals surface area contributed by atoms with Crippen LogP contribution in [0.1, 0.15) is 22.8 Å². The van der Waals surface area contributed by atoms with Crippen LogP contribution in [0.15, 0.2) is 46.9 Å². The number of aliphatic hydroxyl groups is 1. The first-order chi connectivity index (χ1) is 8.56. The summed E-state index contributed by atoms with van der Waals surface area (Å²) >= 11 is 3.44. The van der Waals surface area contributed by atoms with Crippen molar-refractivity contribution in [2.45, 2.75) is 19.4 Å². The van der Waals surface area contributed by atoms with Crippen molar-refractivity contribution in [2.24, 2.45) is 0 Å². The van der Waals surface area contributed by atoms with E-state index in [9.17, 15) is 10.2 Å². The Kier molecular flexibility index (Phi) is 4.04. The highest BCUT2D eigenvalue weighted by atomic mass is 79.9. The van der Waals surface area contributed by atoms with E-state index in [1.54, 1.807) is 18.2 Å². The Bertz CT molecular complexity index is 552. The molecular formula is C15H15BrO2. The van der Waals surface area contributed by atoms with E-state index < -0.39 is 6.10 Å². The monoisotopic (exact) mass is 306 g/mol. The summed E-state index contributed by atoms with van der Waals surface area (Å²) < 4.78 is 1.04. The standard InChI is InChI=1S/C15H15BrO2/c1-10-7-12(5-6-14(10)16)15(18)9-11-3-2-4-13(17)8-11/h2-8,15,17-18H,9H2,1H3. The lowest BCUT2D eigenvalue weighted by molar-refractivity contribution is 0.178. The minimum atomic E-state index is -0.557. The zero-order valence-corrected chi connectivity index (χ0v) is 11.7. The Labute approximate surface area is 115 Å². The summed E-state index contributed by atoms with van der Waals surface area (Å²) in [6.45, 7) is 1.99. The number of halogens is 1. The zero-order chi connectivity index (χ0) is 13.1. The second-order valence-electron chi connectivity index (χ2n) is 4.40. The Morgan fingerprint density at radius 1 is 1.17 bits per heavy atom. The predicted molar refractivity (Wildman–Crippen MR) is 75.6 cm³/mol. The molecule has 1 unspecified atom stereocenters. The Morgan fingerprint density at radius 2 is 1.94 bits per heavy atom. The number of hydrogen-bond donors (Lipinski definition) is 2. The van der Waals surface area contributed by atoms with Crippen LogP contribution >= 0.6 is 15.9 Å². The van der Waals surface area contributed by atoms with Crippen LogP contribution in [0.5, 0.6) is 5.75 Å². The summed E-state index contributed by atoms with van der Waals surface area (Å²) in [7, 11) is 0. The van der Waals surface area contributed by atoms with Crippen LogP contribution in [0.2, 0.25) is 0 Å². The third kappa shape index (κ3) is 3.12. The van der Waals surface area contributed by atoms with Crippen LogP contribution < -0.4 is 0 Å². The van der Waals surface area contributed by atoms with Gasteiger partial charge in [-0.05, 0) is 41.8 Å². The van der Waals surface area contributed by atoms with Gasteiger partial charge in [0.15, 0.2) is 0 Å². The van der Waals surface area contributed by atoms with Gasteiger partial charge in [0, 0.05) is 10.9 Å². The molecule has 0 heterocycles. The molecule has 0 aliphatic heterocycles. The molecule has 2 N–H and O–H groups in total. The number of phenols is 1. The average Bonchev–Trinajstić information content (AvgIpc) is 2.32. The van der Waals surface area contributed by atoms with Crippen LogP contribution in [-0.4, -0.2) is 10.2 Å². The molecule has 3 heteroatoms. The predicted octanol–water partition coefficient (Wildman–Crippen LogP) is 3.74. The molecule has 2 aromatic rings. The SMILES string of the molecule is Cc1cc(C(O)Cc2cccc(O)c2)ccc1Br. The molecular weight excluding hydrogens is 292 g/mol. The van der Waals surface area contributed by atoms with Gasteiger partial charge in [-0.25, -0.2) is 0 Å². The van der Waals surface area contributed by atoms with Crippen LogP contribution in [0, 0.1) is 6.92 Å². The van der Waals surface area contributed by atoms with Crippen molar-refractivity contribution in [1.82, 2.24) is 0 Å². The van der Waals surface area contributed by atoms with Crippen molar-refractivity contribution in [3.8, 4) is 5.75 Å². The van der Waals surface area contributed by atoms with E-state index in [0.717, 1.165) is 21.2 Å². The summed E-state index contributed by atoms with van der Waals surface area (Å²) in [5.74, 6) is 0.228. The van der Waals surface area contributed by atoms with Gasteiger partial charge in [0.05, 0.1) is 6.10 Å². The molecule has 1 atom stereocenters. The largest absolute Gasteiger partial charge is 0.508 e. The van der Waals surface area contributed by atoms with E-state index in [0.29, 0.717) is 6.42 Å². The third-order valence-electron chi connectivity index (χ3n) is 2.91. The van der Waals surface area contributed by atoms with Gasteiger partial charge < -0.3 is 10.2 Å². The molecule has 0 aliphatic rings. The number of aromatic hydroxyl groups is 1. The summed E-state index contributed by atoms with van der Waals surface area (Å²) in [6.07, 6.45) is -0.0613. The number of aryl methyl sites for hydroxylation is 1. The number of hydrogen-bond acceptors (Lipinski definition) is 2. The second-order valence-corrected chi connectivity index (χ2v) is 5.25. The molecule has 0 saturated carbocycles. The molecule has 18 heavy (non-hydrogen) atoms. The van der Waals surface area contributed by atoms with Gasteiger partial charge in [-0.1, -0.05) is 40.2 Å². The average molecular weight is 307 g/mol. The van der Waals surface area contributed by atoms with Gasteiger partial charge >= 0.3 is 0 Å². The van der Waals surface area contributed by atoms with Gasteiger partial charge in [0.1, 0.15) is 5.75 Å². The maximum Gasteiger partial charge on any atom is 0.115 e. The molecule has 0 saturated heterocycles. The van der Waals surface area contributed by atoms with Crippen LogP contribution in [0.4, 0.5) is 0 Å². The number of aliphatic hydroxyl groups excluding tert-OH is 1. The highest BCUT2D eigenvalue weighted by Crippen LogP contribution is 2.24. The third-order valence-corrected chi connectivity index (χ3v) is 3.80. The normalized spacial score (nSPS) is 12.4. The van der Waals surface area contributed by atoms with E-state index in [1.807, 2.05) is 31.2 Å². The smallest absolute Gasteiger partial charge is 0.115 e. The molecule has 0 bridgehead atoms. The maximum absolute atomic E-state index is 10.2. The lowest BCUT2D eigenvalue weighted by atomic mass is 10.00. The summed E-state index contributed by atoms with van der Waals surface area (Å²) in [4.78, 5) is 0. The van der Waals surface area contributed by atoms with Crippen LogP contribution in [0.25, 0.3) is 0 Å². The lowest BCUT2D eigenvalue weighted by Crippen LogP contribution is -2.02. The zero-order valence-electron chi connectivity index (χ0n) is 10.1. The molecule has 0 radical (unpaired) electrons. The van der Waals surface area contributed by atoms with Gasteiger partial charge in [-0.15, -0.1) is 0 Å². The fourth-order valence-electron chi connectivity index (χ4n) is 1.90. The van der Waals surface area contributed by atoms with E-state index in [1.165, 1.54) is 0 Å². The first-order valence-corrected chi connectivity index (χ1v) is 6.57. The van der Waals surface area contributed by atoms with Crippen molar-refractivity contribution in [2.75, 3.05) is 0 Å². The van der Waals surface area contributed by atoms with Gasteiger partial charge in [0.25, 0.3) is 0 Å². The number of rotatable bonds is 3. The molecule has 2 rings (SSSR count). The van der Waals surface area contributed by atoms with E-state index in [4.69, 9.17) is 0 Å². The fraction of sp³-hybridized carbons (Fsp3) is 0.200. The van der Waals surface area contributed by atoms with Crippen LogP contribution in [-0.2, 0) is 6.42 Å². The Hall–Kier alpha value is -1.32. The van der Waals surface area contributed by atoms with E-state index >= 15 is 0 Å². The molecule has 94 valence electrons. The van der Waals surface area contributed by atoms with Crippen LogP contribution in [0.3, 0.4) is 0 Å². The van der Waals surface area contributed by atoms with Crippen molar-refractivity contribution in [3.05, 3.63) is 63.6 Å². The van der Waals surface area contributed by atoms with E-state index in [2.05, 4.69) is 15.9 Å². The molecule has 0 aliphatic carbocycles. The highest BCUT2D eigenvalue weighted by molar-refractivity contribution is 9.10. The second kappa shape index (κ2) is 5.55. The summed E-state index contributed by atoms with van der Waals surface area (Å²) in [5, 5.41) is 19.6. The summed E-state index contributed by atoms with van der Waals surface area (Å²) in [6, 6.07) is 12.8. The highest BCUT2D eigenvalue weighted by Gasteiger charge is 2.10. The summed E-state index contributed by atoms with van der Waals surface area (Å²) in [5.41, 5.74) is 2.91. The maximum atomic E-state index is 10.2. The molecule has 0 fully saturated rings. The number of phenolic OH excluding ortho intramolecular Hbond substituents is 1. The minimum absolute atomic E-state index is 0.228. The molecule has 0 spiro atoms. The van der Waals surface area contributed by atoms with Crippen molar-refractivity contribution in [1.29, 1.82) is 0 Å². The van der Waals surface area contributed by atoms with Crippen molar-refractivity contribution >= 4 is 15.9 Å². The van der Waals surface area contributed by atoms with Gasteiger partial charge in [-0.3, -0.25) is 0 Å². The lowest BCUT2D eigenvalue weighted by Gasteiger charge is -2.12. The van der Waals surface area contributed by atoms with Crippen molar-refractivity contribution in [3.63, 3.8) is 0 Å². The van der Waals surface area contributed by atoms with Gasteiger partial charge in [-0.2, -0.15) is 0 Å². The quantitative estimate of drug-likeness (QED) is 0.907. The molecule has 2 nitrogen and oxygen atoms in total. The minimum Gasteiger partial charge on any atom is -0.508 e. The Morgan fingerprint density at radius 3 is 2.61 bits per heavy atom. The number of benzene rings is 2. The Balaban J connectivity index is 2.16. The first kappa shape index (κ1) is 13.1. The van der Waals surface area contributed by atoms with E-state index in [-0.39, 0.29) is 5.75 Å². The fourth-order valence-corrected chi connectivity index (χ4v) is 2.15.